The minimum atomic E-state index is 0.194. The van der Waals surface area contributed by atoms with E-state index in [0.29, 0.717) is 0 Å². The smallest absolute Gasteiger partial charge is 0.138 e. The van der Waals surface area contributed by atoms with Gasteiger partial charge < -0.3 is 15.4 Å². The van der Waals surface area contributed by atoms with E-state index in [-0.39, 0.29) is 6.10 Å². The Balaban J connectivity index is 1.70. The highest BCUT2D eigenvalue weighted by molar-refractivity contribution is 5.37. The molecule has 0 bridgehead atoms. The summed E-state index contributed by atoms with van der Waals surface area (Å²) in [5.41, 5.74) is 0. The van der Waals surface area contributed by atoms with Gasteiger partial charge in [-0.2, -0.15) is 0 Å². The van der Waals surface area contributed by atoms with Crippen LogP contribution in [0.25, 0.3) is 0 Å². The molecule has 1 aromatic rings. The molecule has 1 fully saturated rings. The largest absolute Gasteiger partial charge is 0.489 e. The molecule has 0 aromatic carbocycles. The Morgan fingerprint density at radius 3 is 3.00 bits per heavy atom. The van der Waals surface area contributed by atoms with Gasteiger partial charge in [-0.3, -0.25) is 0 Å². The van der Waals surface area contributed by atoms with Crippen molar-refractivity contribution in [2.24, 2.45) is 5.92 Å². The fourth-order valence-electron chi connectivity index (χ4n) is 2.40. The zero-order chi connectivity index (χ0) is 13.5. The van der Waals surface area contributed by atoms with Gasteiger partial charge >= 0.3 is 0 Å². The van der Waals surface area contributed by atoms with Gasteiger partial charge in [0, 0.05) is 6.54 Å². The number of ether oxygens (including phenoxy) is 1. The summed E-state index contributed by atoms with van der Waals surface area (Å²) in [5.74, 6) is 2.57. The van der Waals surface area contributed by atoms with Crippen LogP contribution in [-0.4, -0.2) is 30.7 Å². The van der Waals surface area contributed by atoms with E-state index in [1.807, 2.05) is 26.0 Å². The molecule has 0 saturated carbocycles. The van der Waals surface area contributed by atoms with E-state index in [0.717, 1.165) is 30.6 Å². The molecule has 1 atom stereocenters. The van der Waals surface area contributed by atoms with Crippen molar-refractivity contribution in [1.29, 1.82) is 0 Å². The average Bonchev–Trinajstić information content (AvgIpc) is 2.41. The van der Waals surface area contributed by atoms with E-state index in [2.05, 4.69) is 15.6 Å². The summed E-state index contributed by atoms with van der Waals surface area (Å²) >= 11 is 0. The van der Waals surface area contributed by atoms with Crippen LogP contribution in [0.2, 0.25) is 0 Å². The van der Waals surface area contributed by atoms with Gasteiger partial charge in [0.2, 0.25) is 0 Å². The Bertz CT molecular complexity index is 358. The minimum Gasteiger partial charge on any atom is -0.489 e. The zero-order valence-corrected chi connectivity index (χ0v) is 12.0. The SMILES string of the molecule is CC(C)Oc1ccc(NCC[C@H]2CCCNC2)nc1. The van der Waals surface area contributed by atoms with Crippen LogP contribution in [0, 0.1) is 5.92 Å². The van der Waals surface area contributed by atoms with Crippen LogP contribution in [0.4, 0.5) is 5.82 Å². The number of pyridine rings is 1. The van der Waals surface area contributed by atoms with Gasteiger partial charge in [-0.15, -0.1) is 0 Å². The van der Waals surface area contributed by atoms with Crippen LogP contribution < -0.4 is 15.4 Å². The lowest BCUT2D eigenvalue weighted by Crippen LogP contribution is -2.30. The highest BCUT2D eigenvalue weighted by Gasteiger charge is 2.12. The molecule has 0 spiro atoms. The normalized spacial score (nSPS) is 19.4. The monoisotopic (exact) mass is 263 g/mol. The Labute approximate surface area is 116 Å². The van der Waals surface area contributed by atoms with Crippen LogP contribution in [-0.2, 0) is 0 Å². The predicted octanol–water partition coefficient (Wildman–Crippen LogP) is 2.67. The van der Waals surface area contributed by atoms with Crippen LogP contribution in [0.1, 0.15) is 33.1 Å². The third kappa shape index (κ3) is 5.07. The van der Waals surface area contributed by atoms with Crippen LogP contribution in [0.3, 0.4) is 0 Å². The molecule has 1 saturated heterocycles. The van der Waals surface area contributed by atoms with E-state index in [1.165, 1.54) is 25.8 Å². The molecular weight excluding hydrogens is 238 g/mol. The molecule has 1 aliphatic rings. The molecule has 2 N–H and O–H groups in total. The Morgan fingerprint density at radius 1 is 1.47 bits per heavy atom. The molecule has 2 heterocycles. The van der Waals surface area contributed by atoms with Crippen molar-refractivity contribution in [3.63, 3.8) is 0 Å². The predicted molar refractivity (Wildman–Crippen MR) is 78.7 cm³/mol. The van der Waals surface area contributed by atoms with Gasteiger partial charge in [0.05, 0.1) is 12.3 Å². The van der Waals surface area contributed by atoms with Crippen LogP contribution in [0.15, 0.2) is 18.3 Å². The molecule has 106 valence electrons. The summed E-state index contributed by atoms with van der Waals surface area (Å²) in [7, 11) is 0. The first-order chi connectivity index (χ1) is 9.24. The first-order valence-corrected chi connectivity index (χ1v) is 7.31. The summed E-state index contributed by atoms with van der Waals surface area (Å²) in [5, 5.41) is 6.83. The standard InChI is InChI=1S/C15H25N3O/c1-12(2)19-14-5-6-15(18-11-14)17-9-7-13-4-3-8-16-10-13/h5-6,11-13,16H,3-4,7-10H2,1-2H3,(H,17,18)/t13-/m1/s1. The third-order valence-electron chi connectivity index (χ3n) is 3.37. The third-order valence-corrected chi connectivity index (χ3v) is 3.37. The van der Waals surface area contributed by atoms with E-state index >= 15 is 0 Å². The Hall–Kier alpha value is -1.29. The minimum absolute atomic E-state index is 0.194. The molecule has 1 aliphatic heterocycles. The molecule has 0 aliphatic carbocycles. The van der Waals surface area contributed by atoms with Crippen molar-refractivity contribution >= 4 is 5.82 Å². The van der Waals surface area contributed by atoms with Crippen molar-refractivity contribution in [3.05, 3.63) is 18.3 Å². The Morgan fingerprint density at radius 2 is 2.37 bits per heavy atom. The van der Waals surface area contributed by atoms with E-state index < -0.39 is 0 Å². The second kappa shape index (κ2) is 7.34. The van der Waals surface area contributed by atoms with Crippen LogP contribution in [0.5, 0.6) is 5.75 Å². The molecule has 19 heavy (non-hydrogen) atoms. The number of aromatic nitrogens is 1. The molecular formula is C15H25N3O. The lowest BCUT2D eigenvalue weighted by molar-refractivity contribution is 0.241. The van der Waals surface area contributed by atoms with E-state index in [9.17, 15) is 0 Å². The first-order valence-electron chi connectivity index (χ1n) is 7.31. The van der Waals surface area contributed by atoms with Crippen LogP contribution >= 0.6 is 0 Å². The lowest BCUT2D eigenvalue weighted by Gasteiger charge is -2.22. The highest BCUT2D eigenvalue weighted by Crippen LogP contribution is 2.16. The van der Waals surface area contributed by atoms with Crippen molar-refractivity contribution in [1.82, 2.24) is 10.3 Å². The second-order valence-electron chi connectivity index (χ2n) is 5.47. The number of hydrogen-bond acceptors (Lipinski definition) is 4. The Kier molecular flexibility index (Phi) is 5.45. The number of piperidine rings is 1. The highest BCUT2D eigenvalue weighted by atomic mass is 16.5. The maximum atomic E-state index is 5.57. The number of nitrogens with one attached hydrogen (secondary N) is 2. The maximum absolute atomic E-state index is 5.57. The van der Waals surface area contributed by atoms with Crippen molar-refractivity contribution < 1.29 is 4.74 Å². The second-order valence-corrected chi connectivity index (χ2v) is 5.47. The van der Waals surface area contributed by atoms with Gasteiger partial charge in [0.1, 0.15) is 11.6 Å². The van der Waals surface area contributed by atoms with Gasteiger partial charge in [-0.1, -0.05) is 0 Å². The lowest BCUT2D eigenvalue weighted by atomic mass is 9.96. The molecule has 4 nitrogen and oxygen atoms in total. The van der Waals surface area contributed by atoms with Crippen molar-refractivity contribution in [2.45, 2.75) is 39.2 Å². The number of nitrogens with zero attached hydrogens (tertiary/aromatic N) is 1. The van der Waals surface area contributed by atoms with Gasteiger partial charge in [-0.05, 0) is 64.3 Å². The number of anilines is 1. The zero-order valence-electron chi connectivity index (χ0n) is 12.0. The molecule has 1 aromatic heterocycles. The number of hydrogen-bond donors (Lipinski definition) is 2. The maximum Gasteiger partial charge on any atom is 0.138 e. The molecule has 0 radical (unpaired) electrons. The summed E-state index contributed by atoms with van der Waals surface area (Å²) in [6, 6.07) is 3.95. The summed E-state index contributed by atoms with van der Waals surface area (Å²) in [6.45, 7) is 7.37. The van der Waals surface area contributed by atoms with Crippen molar-refractivity contribution in [3.8, 4) is 5.75 Å². The average molecular weight is 263 g/mol. The number of rotatable bonds is 6. The first kappa shape index (κ1) is 14.1. The van der Waals surface area contributed by atoms with Crippen molar-refractivity contribution in [2.75, 3.05) is 25.0 Å². The van der Waals surface area contributed by atoms with Gasteiger partial charge in [0.15, 0.2) is 0 Å². The molecule has 2 rings (SSSR count). The fraction of sp³-hybridized carbons (Fsp3) is 0.667. The quantitative estimate of drug-likeness (QED) is 0.828. The molecule has 0 amide bonds. The molecule has 0 unspecified atom stereocenters. The topological polar surface area (TPSA) is 46.2 Å². The van der Waals surface area contributed by atoms with E-state index in [1.54, 1.807) is 6.20 Å². The summed E-state index contributed by atoms with van der Waals surface area (Å²) in [4.78, 5) is 4.36. The van der Waals surface area contributed by atoms with E-state index in [4.69, 9.17) is 4.74 Å². The summed E-state index contributed by atoms with van der Waals surface area (Å²) in [6.07, 6.45) is 5.84. The van der Waals surface area contributed by atoms with Gasteiger partial charge in [-0.25, -0.2) is 4.98 Å². The fourth-order valence-corrected chi connectivity index (χ4v) is 2.40. The molecule has 4 heteroatoms. The van der Waals surface area contributed by atoms with Gasteiger partial charge in [0.25, 0.3) is 0 Å². The summed E-state index contributed by atoms with van der Waals surface area (Å²) < 4.78 is 5.57.